The van der Waals surface area contributed by atoms with Gasteiger partial charge in [-0.25, -0.2) is 0 Å². The zero-order valence-electron chi connectivity index (χ0n) is 15.6. The summed E-state index contributed by atoms with van der Waals surface area (Å²) in [5.74, 6) is -0.133. The number of rotatable bonds is 4. The standard InChI is InChI=1S/C23H23N3O2/c24-19-10-8-18-15-20(11-9-17(18)14-19)25-23(28)21-7-4-12-26(21)22(27)13-16-5-2-1-3-6-16/h1-3,5-6,8-11,14-15,21H,4,7,12-13,24H2,(H,25,28). The Kier molecular flexibility index (Phi) is 4.98. The molecule has 142 valence electrons. The highest BCUT2D eigenvalue weighted by molar-refractivity contribution is 5.99. The van der Waals surface area contributed by atoms with E-state index in [9.17, 15) is 9.59 Å². The van der Waals surface area contributed by atoms with Gasteiger partial charge in [0.05, 0.1) is 6.42 Å². The van der Waals surface area contributed by atoms with Gasteiger partial charge in [-0.15, -0.1) is 0 Å². The first-order valence-corrected chi connectivity index (χ1v) is 9.54. The van der Waals surface area contributed by atoms with E-state index in [4.69, 9.17) is 5.73 Å². The molecule has 1 fully saturated rings. The molecule has 0 aromatic heterocycles. The number of hydrogen-bond acceptors (Lipinski definition) is 3. The summed E-state index contributed by atoms with van der Waals surface area (Å²) in [7, 11) is 0. The van der Waals surface area contributed by atoms with E-state index in [2.05, 4.69) is 5.32 Å². The number of anilines is 2. The predicted molar refractivity (Wildman–Crippen MR) is 112 cm³/mol. The lowest BCUT2D eigenvalue weighted by atomic mass is 10.1. The summed E-state index contributed by atoms with van der Waals surface area (Å²) in [6.45, 7) is 0.626. The molecule has 0 aliphatic carbocycles. The lowest BCUT2D eigenvalue weighted by molar-refractivity contribution is -0.136. The van der Waals surface area contributed by atoms with Crippen LogP contribution in [0.4, 0.5) is 11.4 Å². The van der Waals surface area contributed by atoms with Crippen LogP contribution in [0.1, 0.15) is 18.4 Å². The van der Waals surface area contributed by atoms with Crippen molar-refractivity contribution in [2.45, 2.75) is 25.3 Å². The minimum atomic E-state index is -0.418. The number of fused-ring (bicyclic) bond motifs is 1. The van der Waals surface area contributed by atoms with Gasteiger partial charge in [0.2, 0.25) is 11.8 Å². The van der Waals surface area contributed by atoms with Crippen molar-refractivity contribution in [1.82, 2.24) is 4.90 Å². The molecule has 3 aromatic carbocycles. The second kappa shape index (κ2) is 7.72. The zero-order valence-corrected chi connectivity index (χ0v) is 15.6. The van der Waals surface area contributed by atoms with E-state index in [1.54, 1.807) is 4.90 Å². The summed E-state index contributed by atoms with van der Waals surface area (Å²) in [4.78, 5) is 27.3. The van der Waals surface area contributed by atoms with Crippen LogP contribution in [0.2, 0.25) is 0 Å². The van der Waals surface area contributed by atoms with Crippen LogP contribution in [0, 0.1) is 0 Å². The molecular formula is C23H23N3O2. The van der Waals surface area contributed by atoms with Crippen LogP contribution in [0.3, 0.4) is 0 Å². The van der Waals surface area contributed by atoms with Gasteiger partial charge in [0.25, 0.3) is 0 Å². The van der Waals surface area contributed by atoms with Crippen LogP contribution in [0.25, 0.3) is 10.8 Å². The fourth-order valence-electron chi connectivity index (χ4n) is 3.78. The van der Waals surface area contributed by atoms with Crippen molar-refractivity contribution in [3.8, 4) is 0 Å². The van der Waals surface area contributed by atoms with Crippen LogP contribution < -0.4 is 11.1 Å². The molecular weight excluding hydrogens is 350 g/mol. The number of benzene rings is 3. The number of likely N-dealkylation sites (tertiary alicyclic amines) is 1. The molecule has 1 atom stereocenters. The molecule has 2 amide bonds. The number of carbonyl (C=O) groups excluding carboxylic acids is 2. The molecule has 1 aliphatic heterocycles. The Balaban J connectivity index is 1.46. The van der Waals surface area contributed by atoms with Crippen molar-refractivity contribution in [2.75, 3.05) is 17.6 Å². The third-order valence-corrected chi connectivity index (χ3v) is 5.21. The van der Waals surface area contributed by atoms with E-state index in [1.807, 2.05) is 66.7 Å². The van der Waals surface area contributed by atoms with Crippen LogP contribution in [0.15, 0.2) is 66.7 Å². The summed E-state index contributed by atoms with van der Waals surface area (Å²) in [6, 6.07) is 20.6. The molecule has 1 saturated heterocycles. The molecule has 1 unspecified atom stereocenters. The van der Waals surface area contributed by atoms with Crippen molar-refractivity contribution in [3.63, 3.8) is 0 Å². The molecule has 5 nitrogen and oxygen atoms in total. The van der Waals surface area contributed by atoms with E-state index >= 15 is 0 Å². The number of nitrogens with two attached hydrogens (primary N) is 1. The van der Waals surface area contributed by atoms with Gasteiger partial charge in [-0.1, -0.05) is 42.5 Å². The topological polar surface area (TPSA) is 75.4 Å². The van der Waals surface area contributed by atoms with Gasteiger partial charge >= 0.3 is 0 Å². The first-order valence-electron chi connectivity index (χ1n) is 9.54. The Morgan fingerprint density at radius 2 is 1.75 bits per heavy atom. The van der Waals surface area contributed by atoms with Crippen LogP contribution in [-0.4, -0.2) is 29.3 Å². The summed E-state index contributed by atoms with van der Waals surface area (Å²) in [6.07, 6.45) is 1.86. The highest BCUT2D eigenvalue weighted by Gasteiger charge is 2.33. The molecule has 28 heavy (non-hydrogen) atoms. The monoisotopic (exact) mass is 373 g/mol. The van der Waals surface area contributed by atoms with Gasteiger partial charge in [0.15, 0.2) is 0 Å². The van der Waals surface area contributed by atoms with Gasteiger partial charge < -0.3 is 16.0 Å². The van der Waals surface area contributed by atoms with Crippen LogP contribution in [-0.2, 0) is 16.0 Å². The molecule has 0 radical (unpaired) electrons. The van der Waals surface area contributed by atoms with Gasteiger partial charge in [-0.2, -0.15) is 0 Å². The van der Waals surface area contributed by atoms with Crippen molar-refractivity contribution >= 4 is 34.0 Å². The average Bonchev–Trinajstić information content (AvgIpc) is 3.19. The molecule has 0 bridgehead atoms. The Hall–Kier alpha value is -3.34. The minimum Gasteiger partial charge on any atom is -0.399 e. The van der Waals surface area contributed by atoms with Gasteiger partial charge in [0.1, 0.15) is 6.04 Å². The Labute approximate surface area is 164 Å². The van der Waals surface area contributed by atoms with Crippen molar-refractivity contribution in [2.24, 2.45) is 0 Å². The van der Waals surface area contributed by atoms with Crippen molar-refractivity contribution in [3.05, 3.63) is 72.3 Å². The number of nitrogen functional groups attached to an aromatic ring is 1. The van der Waals surface area contributed by atoms with Crippen LogP contribution in [0.5, 0.6) is 0 Å². The molecule has 0 saturated carbocycles. The number of nitrogens with zero attached hydrogens (tertiary/aromatic N) is 1. The second-order valence-corrected chi connectivity index (χ2v) is 7.22. The van der Waals surface area contributed by atoms with Gasteiger partial charge in [-0.05, 0) is 53.4 Å². The SMILES string of the molecule is Nc1ccc2cc(NC(=O)C3CCCN3C(=O)Cc3ccccc3)ccc2c1. The Bertz CT molecular complexity index is 1020. The fraction of sp³-hybridized carbons (Fsp3) is 0.217. The molecule has 1 heterocycles. The first kappa shape index (κ1) is 18.0. The molecule has 0 spiro atoms. The zero-order chi connectivity index (χ0) is 19.5. The fourth-order valence-corrected chi connectivity index (χ4v) is 3.78. The number of nitrogens with one attached hydrogen (secondary N) is 1. The highest BCUT2D eigenvalue weighted by atomic mass is 16.2. The lowest BCUT2D eigenvalue weighted by Crippen LogP contribution is -2.43. The van der Waals surface area contributed by atoms with Gasteiger partial charge in [-0.3, -0.25) is 9.59 Å². The summed E-state index contributed by atoms with van der Waals surface area (Å²) in [5.41, 5.74) is 8.22. The van der Waals surface area contributed by atoms with E-state index in [-0.39, 0.29) is 11.8 Å². The molecule has 5 heteroatoms. The lowest BCUT2D eigenvalue weighted by Gasteiger charge is -2.24. The van der Waals surface area contributed by atoms with E-state index < -0.39 is 6.04 Å². The van der Waals surface area contributed by atoms with E-state index in [0.29, 0.717) is 25.1 Å². The molecule has 1 aliphatic rings. The third kappa shape index (κ3) is 3.83. The second-order valence-electron chi connectivity index (χ2n) is 7.22. The van der Waals surface area contributed by atoms with E-state index in [0.717, 1.165) is 28.4 Å². The average molecular weight is 373 g/mol. The number of hydrogen-bond donors (Lipinski definition) is 2. The highest BCUT2D eigenvalue weighted by Crippen LogP contribution is 2.24. The third-order valence-electron chi connectivity index (χ3n) is 5.21. The summed E-state index contributed by atoms with van der Waals surface area (Å²) >= 11 is 0. The van der Waals surface area contributed by atoms with Gasteiger partial charge in [0, 0.05) is 17.9 Å². The normalized spacial score (nSPS) is 16.3. The molecule has 3 aromatic rings. The maximum Gasteiger partial charge on any atom is 0.247 e. The molecule has 4 rings (SSSR count). The van der Waals surface area contributed by atoms with Crippen LogP contribution >= 0.6 is 0 Å². The maximum absolute atomic E-state index is 12.8. The minimum absolute atomic E-state index is 0.00200. The Morgan fingerprint density at radius 1 is 1.00 bits per heavy atom. The van der Waals surface area contributed by atoms with Crippen molar-refractivity contribution < 1.29 is 9.59 Å². The molecule has 3 N–H and O–H groups in total. The Morgan fingerprint density at radius 3 is 2.57 bits per heavy atom. The summed E-state index contributed by atoms with van der Waals surface area (Å²) < 4.78 is 0. The van der Waals surface area contributed by atoms with Crippen molar-refractivity contribution in [1.29, 1.82) is 0 Å². The smallest absolute Gasteiger partial charge is 0.247 e. The maximum atomic E-state index is 12.8. The van der Waals surface area contributed by atoms with E-state index in [1.165, 1.54) is 0 Å². The quantitative estimate of drug-likeness (QED) is 0.686. The predicted octanol–water partition coefficient (Wildman–Crippen LogP) is 3.59. The first-order chi connectivity index (χ1) is 13.6. The number of carbonyl (C=O) groups is 2. The summed E-state index contributed by atoms with van der Waals surface area (Å²) in [5, 5.41) is 5.01. The largest absolute Gasteiger partial charge is 0.399 e. The number of amides is 2.